The normalized spacial score (nSPS) is 12.0. The van der Waals surface area contributed by atoms with Crippen LogP contribution in [0.15, 0.2) is 0 Å². The van der Waals surface area contributed by atoms with Gasteiger partial charge in [0, 0.05) is 6.42 Å². The highest BCUT2D eigenvalue weighted by Crippen LogP contribution is 2.13. The van der Waals surface area contributed by atoms with E-state index in [4.69, 9.17) is 15.9 Å². The highest BCUT2D eigenvalue weighted by atomic mass is 16.5. The number of rotatable bonds is 14. The summed E-state index contributed by atoms with van der Waals surface area (Å²) in [6, 6.07) is 0. The molecule has 0 aromatic carbocycles. The van der Waals surface area contributed by atoms with E-state index in [1.54, 1.807) is 0 Å². The van der Waals surface area contributed by atoms with E-state index < -0.39 is 5.91 Å². The largest absolute Gasteiger partial charge is 0.354 e. The second-order valence-electron chi connectivity index (χ2n) is 5.87. The fraction of sp³-hybridized carbons (Fsp3) is 1.00. The molecule has 4 N–H and O–H groups in total. The quantitative estimate of drug-likeness (QED) is 0.330. The average Bonchev–Trinajstić information content (AvgIpc) is 2.34. The number of hydrogen-bond acceptors (Lipinski definition) is 3. The van der Waals surface area contributed by atoms with Crippen LogP contribution in [0, 0.1) is 0 Å². The highest BCUT2D eigenvalue weighted by molar-refractivity contribution is 4.55. The van der Waals surface area contributed by atoms with Crippen molar-refractivity contribution < 1.29 is 10.2 Å². The van der Waals surface area contributed by atoms with Crippen molar-refractivity contribution >= 4 is 0 Å². The third-order valence-corrected chi connectivity index (χ3v) is 3.65. The zero-order valence-corrected chi connectivity index (χ0v) is 12.9. The van der Waals surface area contributed by atoms with Crippen molar-refractivity contribution in [2.75, 3.05) is 0 Å². The lowest BCUT2D eigenvalue weighted by atomic mass is 10.0. The van der Waals surface area contributed by atoms with E-state index in [0.29, 0.717) is 0 Å². The highest BCUT2D eigenvalue weighted by Gasteiger charge is 2.13. The van der Waals surface area contributed by atoms with Gasteiger partial charge in [-0.3, -0.25) is 5.73 Å². The first kappa shape index (κ1) is 18.9. The molecule has 19 heavy (non-hydrogen) atoms. The first-order valence-corrected chi connectivity index (χ1v) is 8.30. The molecule has 0 unspecified atom stereocenters. The molecule has 0 saturated carbocycles. The van der Waals surface area contributed by atoms with Crippen molar-refractivity contribution in [3.63, 3.8) is 0 Å². The summed E-state index contributed by atoms with van der Waals surface area (Å²) in [6.07, 6.45) is 17.0. The summed E-state index contributed by atoms with van der Waals surface area (Å²) in [4.78, 5) is 0. The minimum atomic E-state index is -1.96. The van der Waals surface area contributed by atoms with E-state index in [1.807, 2.05) is 0 Å². The maximum Gasteiger partial charge on any atom is 0.219 e. The molecule has 0 atom stereocenters. The van der Waals surface area contributed by atoms with E-state index in [1.165, 1.54) is 70.6 Å². The molecule has 0 bridgehead atoms. The van der Waals surface area contributed by atoms with E-state index in [9.17, 15) is 0 Å². The second-order valence-corrected chi connectivity index (χ2v) is 5.87. The molecule has 0 aromatic rings. The molecule has 0 radical (unpaired) electrons. The van der Waals surface area contributed by atoms with Crippen molar-refractivity contribution in [1.29, 1.82) is 0 Å². The summed E-state index contributed by atoms with van der Waals surface area (Å²) in [5, 5.41) is 17.9. The first-order valence-electron chi connectivity index (χ1n) is 8.30. The molecule has 3 nitrogen and oxygen atoms in total. The van der Waals surface area contributed by atoms with Gasteiger partial charge in [0.15, 0.2) is 0 Å². The third kappa shape index (κ3) is 17.9. The molecule has 0 saturated heterocycles. The Balaban J connectivity index is 2.99. The maximum atomic E-state index is 8.93. The predicted molar refractivity (Wildman–Crippen MR) is 81.7 cm³/mol. The van der Waals surface area contributed by atoms with Crippen LogP contribution in [0.2, 0.25) is 0 Å². The van der Waals surface area contributed by atoms with Crippen molar-refractivity contribution in [3.05, 3.63) is 0 Å². The smallest absolute Gasteiger partial charge is 0.219 e. The molecule has 0 rings (SSSR count). The summed E-state index contributed by atoms with van der Waals surface area (Å²) in [5.74, 6) is -1.96. The number of nitrogens with two attached hydrogens (primary N) is 1. The Bertz CT molecular complexity index is 178. The van der Waals surface area contributed by atoms with E-state index in [0.717, 1.165) is 12.8 Å². The van der Waals surface area contributed by atoms with Gasteiger partial charge in [-0.1, -0.05) is 84.0 Å². The van der Waals surface area contributed by atoms with Crippen LogP contribution in [0.4, 0.5) is 0 Å². The maximum absolute atomic E-state index is 8.93. The average molecular weight is 273 g/mol. The van der Waals surface area contributed by atoms with Crippen LogP contribution in [-0.4, -0.2) is 16.1 Å². The monoisotopic (exact) mass is 273 g/mol. The fourth-order valence-electron chi connectivity index (χ4n) is 2.40. The van der Waals surface area contributed by atoms with Crippen LogP contribution in [0.3, 0.4) is 0 Å². The number of hydrogen-bond donors (Lipinski definition) is 3. The Morgan fingerprint density at radius 3 is 1.26 bits per heavy atom. The molecule has 0 aliphatic heterocycles. The van der Waals surface area contributed by atoms with Gasteiger partial charge in [0.25, 0.3) is 0 Å². The summed E-state index contributed by atoms with van der Waals surface area (Å²) in [6.45, 7) is 2.26. The lowest BCUT2D eigenvalue weighted by Crippen LogP contribution is -2.38. The summed E-state index contributed by atoms with van der Waals surface area (Å²) < 4.78 is 0. The molecule has 0 heterocycles. The van der Waals surface area contributed by atoms with Gasteiger partial charge in [0.1, 0.15) is 0 Å². The van der Waals surface area contributed by atoms with Gasteiger partial charge in [0.05, 0.1) is 0 Å². The van der Waals surface area contributed by atoms with Gasteiger partial charge in [-0.05, 0) is 6.42 Å². The van der Waals surface area contributed by atoms with Gasteiger partial charge >= 0.3 is 0 Å². The van der Waals surface area contributed by atoms with E-state index in [-0.39, 0.29) is 6.42 Å². The zero-order valence-electron chi connectivity index (χ0n) is 12.9. The van der Waals surface area contributed by atoms with Gasteiger partial charge in [-0.2, -0.15) is 0 Å². The predicted octanol–water partition coefficient (Wildman–Crippen LogP) is 4.06. The van der Waals surface area contributed by atoms with Crippen LogP contribution in [0.25, 0.3) is 0 Å². The van der Waals surface area contributed by atoms with Crippen LogP contribution >= 0.6 is 0 Å². The Morgan fingerprint density at radius 1 is 0.632 bits per heavy atom. The molecule has 0 aliphatic carbocycles. The SMILES string of the molecule is CCCCCCCCCCCCCCCC(N)(O)O. The van der Waals surface area contributed by atoms with Crippen LogP contribution < -0.4 is 5.73 Å². The van der Waals surface area contributed by atoms with Gasteiger partial charge in [-0.15, -0.1) is 0 Å². The first-order chi connectivity index (χ1) is 9.06. The molecule has 116 valence electrons. The Hall–Kier alpha value is -0.120. The minimum Gasteiger partial charge on any atom is -0.354 e. The van der Waals surface area contributed by atoms with Gasteiger partial charge in [-0.25, -0.2) is 0 Å². The molecule has 0 amide bonds. The second kappa shape index (κ2) is 12.9. The van der Waals surface area contributed by atoms with Gasteiger partial charge < -0.3 is 10.2 Å². The molecular formula is C16H35NO2. The summed E-state index contributed by atoms with van der Waals surface area (Å²) in [5.41, 5.74) is 5.09. The zero-order chi connectivity index (χ0) is 14.4. The molecular weight excluding hydrogens is 238 g/mol. The van der Waals surface area contributed by atoms with Gasteiger partial charge in [0.2, 0.25) is 5.91 Å². The Kier molecular flexibility index (Phi) is 12.8. The summed E-state index contributed by atoms with van der Waals surface area (Å²) >= 11 is 0. The lowest BCUT2D eigenvalue weighted by Gasteiger charge is -2.14. The van der Waals surface area contributed by atoms with Crippen LogP contribution in [-0.2, 0) is 0 Å². The molecule has 0 aromatic heterocycles. The lowest BCUT2D eigenvalue weighted by molar-refractivity contribution is -0.160. The summed E-state index contributed by atoms with van der Waals surface area (Å²) in [7, 11) is 0. The van der Waals surface area contributed by atoms with Crippen molar-refractivity contribution in [1.82, 2.24) is 0 Å². The minimum absolute atomic E-state index is 0.282. The Morgan fingerprint density at radius 2 is 0.947 bits per heavy atom. The van der Waals surface area contributed by atoms with E-state index >= 15 is 0 Å². The standard InChI is InChI=1S/C16H35NO2/c1-2-3-4-5-6-7-8-9-10-11-12-13-14-15-16(17,18)19/h18-19H,2-15,17H2,1H3. The number of unbranched alkanes of at least 4 members (excludes halogenated alkanes) is 12. The topological polar surface area (TPSA) is 66.5 Å². The third-order valence-electron chi connectivity index (χ3n) is 3.65. The fourth-order valence-corrected chi connectivity index (χ4v) is 2.40. The van der Waals surface area contributed by atoms with Crippen molar-refractivity contribution in [2.45, 2.75) is 103 Å². The molecule has 0 spiro atoms. The number of aliphatic hydroxyl groups is 2. The Labute approximate surface area is 119 Å². The van der Waals surface area contributed by atoms with Crippen LogP contribution in [0.1, 0.15) is 96.8 Å². The van der Waals surface area contributed by atoms with Crippen molar-refractivity contribution in [3.8, 4) is 0 Å². The molecule has 0 aliphatic rings. The van der Waals surface area contributed by atoms with Crippen molar-refractivity contribution in [2.24, 2.45) is 5.73 Å². The molecule has 0 fully saturated rings. The van der Waals surface area contributed by atoms with E-state index in [2.05, 4.69) is 6.92 Å². The molecule has 3 heteroatoms. The van der Waals surface area contributed by atoms with Crippen LogP contribution in [0.5, 0.6) is 0 Å².